The summed E-state index contributed by atoms with van der Waals surface area (Å²) in [5.74, 6) is 5.21. The molecule has 0 atom stereocenters. The molecule has 1 rings (SSSR count). The Morgan fingerprint density at radius 2 is 2.39 bits per heavy atom. The molecule has 4 N–H and O–H groups in total. The summed E-state index contributed by atoms with van der Waals surface area (Å²) in [4.78, 5) is 13.4. The van der Waals surface area contributed by atoms with Crippen LogP contribution in [0.2, 0.25) is 0 Å². The van der Waals surface area contributed by atoms with Gasteiger partial charge >= 0.3 is 0 Å². The van der Waals surface area contributed by atoms with Gasteiger partial charge in [0.1, 0.15) is 5.76 Å². The first kappa shape index (κ1) is 14.7. The maximum Gasteiger partial charge on any atom is 0.268 e. The summed E-state index contributed by atoms with van der Waals surface area (Å²) < 4.78 is 10.2. The highest BCUT2D eigenvalue weighted by molar-refractivity contribution is 5.94. The molecule has 0 saturated carbocycles. The first-order chi connectivity index (χ1) is 8.72. The SMILES string of the molecule is COCCN(CCO)Cc1occc1C(=O)NN. The lowest BCUT2D eigenvalue weighted by molar-refractivity contribution is 0.0946. The van der Waals surface area contributed by atoms with Gasteiger partial charge in [0.15, 0.2) is 0 Å². The van der Waals surface area contributed by atoms with E-state index in [1.165, 1.54) is 6.26 Å². The Bertz CT molecular complexity index is 367. The van der Waals surface area contributed by atoms with Crippen molar-refractivity contribution in [1.29, 1.82) is 0 Å². The summed E-state index contributed by atoms with van der Waals surface area (Å²) in [5.41, 5.74) is 2.47. The van der Waals surface area contributed by atoms with Gasteiger partial charge in [0.05, 0.1) is 31.6 Å². The number of hydrogen-bond donors (Lipinski definition) is 3. The van der Waals surface area contributed by atoms with E-state index in [-0.39, 0.29) is 6.61 Å². The third kappa shape index (κ3) is 4.11. The van der Waals surface area contributed by atoms with Crippen LogP contribution in [0.25, 0.3) is 0 Å². The molecule has 1 aromatic rings. The number of aliphatic hydroxyl groups excluding tert-OH is 1. The Hall–Kier alpha value is -1.41. The first-order valence-corrected chi connectivity index (χ1v) is 5.62. The van der Waals surface area contributed by atoms with E-state index in [9.17, 15) is 4.79 Å². The number of ether oxygens (including phenoxy) is 1. The minimum Gasteiger partial charge on any atom is -0.467 e. The summed E-state index contributed by atoms with van der Waals surface area (Å²) >= 11 is 0. The van der Waals surface area contributed by atoms with Crippen LogP contribution in [0.3, 0.4) is 0 Å². The Kier molecular flexibility index (Phi) is 6.37. The molecule has 102 valence electrons. The van der Waals surface area contributed by atoms with E-state index < -0.39 is 5.91 Å². The monoisotopic (exact) mass is 257 g/mol. The smallest absolute Gasteiger partial charge is 0.268 e. The Morgan fingerprint density at radius 1 is 1.61 bits per heavy atom. The van der Waals surface area contributed by atoms with Gasteiger partial charge in [-0.25, -0.2) is 5.84 Å². The highest BCUT2D eigenvalue weighted by Gasteiger charge is 2.16. The lowest BCUT2D eigenvalue weighted by Crippen LogP contribution is -2.33. The molecular formula is C11H19N3O4. The van der Waals surface area contributed by atoms with Crippen LogP contribution < -0.4 is 11.3 Å². The molecule has 18 heavy (non-hydrogen) atoms. The lowest BCUT2D eigenvalue weighted by Gasteiger charge is -2.19. The summed E-state index contributed by atoms with van der Waals surface area (Å²) in [6.45, 7) is 2.11. The Balaban J connectivity index is 2.67. The van der Waals surface area contributed by atoms with Crippen LogP contribution in [-0.2, 0) is 11.3 Å². The molecule has 1 aromatic heterocycles. The topological polar surface area (TPSA) is 101 Å². The zero-order valence-corrected chi connectivity index (χ0v) is 10.4. The predicted octanol–water partition coefficient (Wildman–Crippen LogP) is -0.676. The Labute approximate surface area is 105 Å². The summed E-state index contributed by atoms with van der Waals surface area (Å²) in [5, 5.41) is 8.98. The molecule has 0 aliphatic heterocycles. The maximum absolute atomic E-state index is 11.5. The Morgan fingerprint density at radius 3 is 3.00 bits per heavy atom. The second kappa shape index (κ2) is 7.83. The van der Waals surface area contributed by atoms with E-state index in [1.54, 1.807) is 13.2 Å². The number of nitrogens with zero attached hydrogens (tertiary/aromatic N) is 1. The summed E-state index contributed by atoms with van der Waals surface area (Å²) in [6.07, 6.45) is 1.44. The van der Waals surface area contributed by atoms with Crippen molar-refractivity contribution in [3.63, 3.8) is 0 Å². The maximum atomic E-state index is 11.5. The second-order valence-corrected chi connectivity index (χ2v) is 3.72. The van der Waals surface area contributed by atoms with Crippen molar-refractivity contribution < 1.29 is 19.1 Å². The molecule has 0 spiro atoms. The molecule has 0 aliphatic carbocycles. The molecule has 1 amide bonds. The number of hydrogen-bond acceptors (Lipinski definition) is 6. The quantitative estimate of drug-likeness (QED) is 0.324. The highest BCUT2D eigenvalue weighted by atomic mass is 16.5. The molecule has 0 fully saturated rings. The third-order valence-corrected chi connectivity index (χ3v) is 2.52. The van der Waals surface area contributed by atoms with Gasteiger partial charge in [0, 0.05) is 20.2 Å². The van der Waals surface area contributed by atoms with Crippen molar-refractivity contribution in [1.82, 2.24) is 10.3 Å². The lowest BCUT2D eigenvalue weighted by atomic mass is 10.2. The number of carbonyl (C=O) groups excluding carboxylic acids is 1. The number of furan rings is 1. The fourth-order valence-electron chi connectivity index (χ4n) is 1.58. The van der Waals surface area contributed by atoms with Crippen LogP contribution in [0.1, 0.15) is 16.1 Å². The third-order valence-electron chi connectivity index (χ3n) is 2.52. The molecule has 0 aliphatic rings. The van der Waals surface area contributed by atoms with Crippen LogP contribution in [0.15, 0.2) is 16.7 Å². The van der Waals surface area contributed by atoms with E-state index in [0.717, 1.165) is 0 Å². The van der Waals surface area contributed by atoms with Crippen molar-refractivity contribution in [2.24, 2.45) is 5.84 Å². The van der Waals surface area contributed by atoms with E-state index >= 15 is 0 Å². The van der Waals surface area contributed by atoms with Crippen LogP contribution >= 0.6 is 0 Å². The molecule has 7 nitrogen and oxygen atoms in total. The molecule has 0 bridgehead atoms. The first-order valence-electron chi connectivity index (χ1n) is 5.62. The van der Waals surface area contributed by atoms with E-state index in [4.69, 9.17) is 20.1 Å². The minimum absolute atomic E-state index is 0.0306. The van der Waals surface area contributed by atoms with Gasteiger partial charge in [-0.1, -0.05) is 0 Å². The van der Waals surface area contributed by atoms with Gasteiger partial charge in [-0.2, -0.15) is 0 Å². The molecule has 0 saturated heterocycles. The van der Waals surface area contributed by atoms with Gasteiger partial charge < -0.3 is 14.3 Å². The fraction of sp³-hybridized carbons (Fsp3) is 0.545. The molecule has 7 heteroatoms. The number of aliphatic hydroxyl groups is 1. The molecule has 0 unspecified atom stereocenters. The minimum atomic E-state index is -0.394. The van der Waals surface area contributed by atoms with Gasteiger partial charge in [-0.3, -0.25) is 15.1 Å². The predicted molar refractivity (Wildman–Crippen MR) is 64.6 cm³/mol. The largest absolute Gasteiger partial charge is 0.467 e. The standard InChI is InChI=1S/C11H19N3O4/c1-17-7-4-14(3-5-15)8-10-9(2-6-18-10)11(16)13-12/h2,6,15H,3-5,7-8,12H2,1H3,(H,13,16). The van der Waals surface area contributed by atoms with Crippen molar-refractivity contribution in [2.45, 2.75) is 6.54 Å². The van der Waals surface area contributed by atoms with Crippen molar-refractivity contribution in [3.8, 4) is 0 Å². The van der Waals surface area contributed by atoms with Crippen molar-refractivity contribution in [3.05, 3.63) is 23.7 Å². The zero-order chi connectivity index (χ0) is 13.4. The van der Waals surface area contributed by atoms with Crippen LogP contribution in [-0.4, -0.2) is 49.3 Å². The molecule has 1 heterocycles. The van der Waals surface area contributed by atoms with E-state index in [2.05, 4.69) is 5.43 Å². The van der Waals surface area contributed by atoms with Gasteiger partial charge in [-0.15, -0.1) is 0 Å². The fourth-order valence-corrected chi connectivity index (χ4v) is 1.58. The van der Waals surface area contributed by atoms with Crippen molar-refractivity contribution >= 4 is 5.91 Å². The summed E-state index contributed by atoms with van der Waals surface area (Å²) in [6, 6.07) is 1.56. The van der Waals surface area contributed by atoms with Crippen LogP contribution in [0.4, 0.5) is 0 Å². The number of methoxy groups -OCH3 is 1. The number of hydrazine groups is 1. The van der Waals surface area contributed by atoms with Gasteiger partial charge in [0.2, 0.25) is 0 Å². The molecular weight excluding hydrogens is 238 g/mol. The average Bonchev–Trinajstić information content (AvgIpc) is 2.83. The second-order valence-electron chi connectivity index (χ2n) is 3.72. The van der Waals surface area contributed by atoms with Crippen molar-refractivity contribution in [2.75, 3.05) is 33.4 Å². The number of amides is 1. The molecule has 0 radical (unpaired) electrons. The van der Waals surface area contributed by atoms with E-state index in [0.29, 0.717) is 37.6 Å². The molecule has 0 aromatic carbocycles. The number of carbonyl (C=O) groups is 1. The van der Waals surface area contributed by atoms with E-state index in [1.807, 2.05) is 4.90 Å². The highest BCUT2D eigenvalue weighted by Crippen LogP contribution is 2.13. The van der Waals surface area contributed by atoms with Crippen LogP contribution in [0.5, 0.6) is 0 Å². The zero-order valence-electron chi connectivity index (χ0n) is 10.4. The average molecular weight is 257 g/mol. The summed E-state index contributed by atoms with van der Waals surface area (Å²) in [7, 11) is 1.61. The number of nitrogens with one attached hydrogen (secondary N) is 1. The van der Waals surface area contributed by atoms with Gasteiger partial charge in [0.25, 0.3) is 5.91 Å². The van der Waals surface area contributed by atoms with Gasteiger partial charge in [-0.05, 0) is 6.07 Å². The number of rotatable bonds is 8. The van der Waals surface area contributed by atoms with Crippen LogP contribution in [0, 0.1) is 0 Å². The number of nitrogen functional groups attached to an aromatic ring is 1. The number of nitrogens with two attached hydrogens (primary N) is 1. The normalized spacial score (nSPS) is 10.9.